The average Bonchev–Trinajstić information content (AvgIpc) is 3.99. The maximum Gasteiger partial charge on any atom is 0.0977 e. The van der Waals surface area contributed by atoms with Gasteiger partial charge in [-0.2, -0.15) is 0 Å². The molecule has 13 aromatic rings. The third-order valence-corrected chi connectivity index (χ3v) is 11.8. The third-order valence-electron chi connectivity index (χ3n) is 11.8. The molecular weight excluding hydrogens is 683 g/mol. The Morgan fingerprint density at radius 2 is 0.732 bits per heavy atom. The molecule has 0 aliphatic heterocycles. The van der Waals surface area contributed by atoms with Crippen molar-refractivity contribution in [3.8, 4) is 44.9 Å². The first-order valence-corrected chi connectivity index (χ1v) is 19.0. The molecule has 0 aliphatic rings. The van der Waals surface area contributed by atoms with E-state index in [1.165, 1.54) is 49.0 Å². The first-order valence-electron chi connectivity index (χ1n) is 19.0. The second-order valence-electron chi connectivity index (χ2n) is 14.9. The monoisotopic (exact) mass is 711 g/mol. The minimum atomic E-state index is 0.958. The summed E-state index contributed by atoms with van der Waals surface area (Å²) in [6.07, 6.45) is 4.11. The molecule has 0 bridgehead atoms. The summed E-state index contributed by atoms with van der Waals surface area (Å²) in [7, 11) is 0. The number of benzene rings is 6. The van der Waals surface area contributed by atoms with Crippen molar-refractivity contribution in [2.45, 2.75) is 0 Å². The predicted octanol–water partition coefficient (Wildman–Crippen LogP) is 12.8. The lowest BCUT2D eigenvalue weighted by atomic mass is 9.98. The van der Waals surface area contributed by atoms with Gasteiger partial charge >= 0.3 is 0 Å². The van der Waals surface area contributed by atoms with Crippen LogP contribution in [0, 0.1) is 0 Å². The maximum atomic E-state index is 5.47. The SMILES string of the molecule is c1ccc(-c2cc3c4cc(-c5ccccc5)ncc4n4c5cc6c(cc5c(c2)c34)c2nc(-c3ccccc3)cc3c4cc(-c5ccccc5)ncc4n6c32)cc1. The van der Waals surface area contributed by atoms with E-state index in [9.17, 15) is 0 Å². The Morgan fingerprint density at radius 1 is 0.304 bits per heavy atom. The number of pyridine rings is 3. The maximum absolute atomic E-state index is 5.47. The Hall–Kier alpha value is -7.63. The van der Waals surface area contributed by atoms with E-state index in [1.54, 1.807) is 0 Å². The smallest absolute Gasteiger partial charge is 0.0977 e. The Balaban J connectivity index is 1.18. The van der Waals surface area contributed by atoms with E-state index in [0.29, 0.717) is 0 Å². The number of hydrogen-bond donors (Lipinski definition) is 0. The Labute approximate surface area is 320 Å². The van der Waals surface area contributed by atoms with E-state index in [0.717, 1.165) is 72.3 Å². The summed E-state index contributed by atoms with van der Waals surface area (Å²) in [5.41, 5.74) is 16.4. The van der Waals surface area contributed by atoms with E-state index in [2.05, 4.69) is 173 Å². The van der Waals surface area contributed by atoms with Crippen LogP contribution in [0.2, 0.25) is 0 Å². The molecule has 0 fully saturated rings. The average molecular weight is 712 g/mol. The third kappa shape index (κ3) is 4.01. The van der Waals surface area contributed by atoms with Gasteiger partial charge in [0.2, 0.25) is 0 Å². The standard InChI is InChI=1S/C51H29N5/c1-5-13-30(14-6-1)34-21-38-35-23-41-46(27-45(35)55-47-28-52-42(31-15-7-2-8-16-31)24-36(47)39(22-34)50(38)55)56-48-29-53-43(32-17-9-3-10-18-32)25-37(48)40-26-44(54-49(41)51(40)56)33-19-11-4-12-20-33/h1-29H. The number of fused-ring (bicyclic) bond motifs is 12. The minimum Gasteiger partial charge on any atom is -0.306 e. The quantitative estimate of drug-likeness (QED) is 0.183. The Kier molecular flexibility index (Phi) is 5.83. The van der Waals surface area contributed by atoms with Crippen molar-refractivity contribution in [3.63, 3.8) is 0 Å². The molecule has 7 heterocycles. The fraction of sp³-hybridized carbons (Fsp3) is 0. The predicted molar refractivity (Wildman–Crippen MR) is 231 cm³/mol. The summed E-state index contributed by atoms with van der Waals surface area (Å²) in [5, 5.41) is 8.33. The zero-order valence-corrected chi connectivity index (χ0v) is 30.0. The minimum absolute atomic E-state index is 0.958. The van der Waals surface area contributed by atoms with Crippen LogP contribution in [0.1, 0.15) is 0 Å². The molecule has 7 aromatic heterocycles. The van der Waals surface area contributed by atoms with Crippen LogP contribution in [-0.2, 0) is 0 Å². The zero-order chi connectivity index (χ0) is 36.5. The van der Waals surface area contributed by atoms with Crippen molar-refractivity contribution in [1.82, 2.24) is 23.8 Å². The van der Waals surface area contributed by atoms with Crippen LogP contribution < -0.4 is 0 Å². The molecule has 0 N–H and O–H groups in total. The van der Waals surface area contributed by atoms with Crippen molar-refractivity contribution in [2.24, 2.45) is 0 Å². The first-order chi connectivity index (χ1) is 27.8. The van der Waals surface area contributed by atoms with Gasteiger partial charge < -0.3 is 8.80 Å². The molecule has 0 spiro atoms. The summed E-state index contributed by atoms with van der Waals surface area (Å²) in [4.78, 5) is 15.6. The molecule has 0 aliphatic carbocycles. The van der Waals surface area contributed by atoms with Gasteiger partial charge in [-0.05, 0) is 53.6 Å². The van der Waals surface area contributed by atoms with E-state index in [4.69, 9.17) is 15.0 Å². The normalized spacial score (nSPS) is 12.3. The summed E-state index contributed by atoms with van der Waals surface area (Å²) in [6, 6.07) is 58.5. The number of aromatic nitrogens is 5. The molecule has 5 nitrogen and oxygen atoms in total. The van der Waals surface area contributed by atoms with Gasteiger partial charge in [-0.15, -0.1) is 0 Å². The Bertz CT molecular complexity index is 3420. The second kappa shape index (κ2) is 11.0. The van der Waals surface area contributed by atoms with Crippen molar-refractivity contribution in [1.29, 1.82) is 0 Å². The van der Waals surface area contributed by atoms with Crippen molar-refractivity contribution >= 4 is 76.3 Å². The fourth-order valence-corrected chi connectivity index (χ4v) is 9.31. The number of rotatable bonds is 4. The largest absolute Gasteiger partial charge is 0.306 e. The van der Waals surface area contributed by atoms with E-state index >= 15 is 0 Å². The topological polar surface area (TPSA) is 47.5 Å². The van der Waals surface area contributed by atoms with Crippen molar-refractivity contribution in [2.75, 3.05) is 0 Å². The summed E-state index contributed by atoms with van der Waals surface area (Å²) >= 11 is 0. The highest BCUT2D eigenvalue weighted by atomic mass is 15.0. The van der Waals surface area contributed by atoms with Gasteiger partial charge in [0.05, 0.1) is 68.1 Å². The van der Waals surface area contributed by atoms with Crippen LogP contribution in [0.5, 0.6) is 0 Å². The van der Waals surface area contributed by atoms with Crippen molar-refractivity contribution < 1.29 is 0 Å². The van der Waals surface area contributed by atoms with Crippen LogP contribution in [0.4, 0.5) is 0 Å². The van der Waals surface area contributed by atoms with Gasteiger partial charge in [0.15, 0.2) is 0 Å². The highest BCUT2D eigenvalue weighted by Gasteiger charge is 2.25. The molecule has 258 valence electrons. The van der Waals surface area contributed by atoms with E-state index in [-0.39, 0.29) is 0 Å². The lowest BCUT2D eigenvalue weighted by Gasteiger charge is -2.06. The fourth-order valence-electron chi connectivity index (χ4n) is 9.31. The summed E-state index contributed by atoms with van der Waals surface area (Å²) in [6.45, 7) is 0. The first kappa shape index (κ1) is 29.8. The molecule has 0 amide bonds. The van der Waals surface area contributed by atoms with E-state index in [1.807, 2.05) is 12.3 Å². The van der Waals surface area contributed by atoms with Gasteiger partial charge in [0.1, 0.15) is 0 Å². The number of hydrogen-bond acceptors (Lipinski definition) is 3. The Morgan fingerprint density at radius 3 is 1.29 bits per heavy atom. The van der Waals surface area contributed by atoms with Crippen LogP contribution in [0.3, 0.4) is 0 Å². The molecule has 13 rings (SSSR count). The molecule has 0 saturated heterocycles. The lowest BCUT2D eigenvalue weighted by molar-refractivity contribution is 1.29. The number of nitrogens with zero attached hydrogens (tertiary/aromatic N) is 5. The summed E-state index contributed by atoms with van der Waals surface area (Å²) in [5.74, 6) is 0. The van der Waals surface area contributed by atoms with Gasteiger partial charge in [-0.25, -0.2) is 4.98 Å². The second-order valence-corrected chi connectivity index (χ2v) is 14.9. The lowest BCUT2D eigenvalue weighted by Crippen LogP contribution is -1.88. The zero-order valence-electron chi connectivity index (χ0n) is 30.0. The van der Waals surface area contributed by atoms with Crippen LogP contribution in [0.15, 0.2) is 176 Å². The molecular formula is C51H29N5. The van der Waals surface area contributed by atoms with Crippen molar-refractivity contribution in [3.05, 3.63) is 176 Å². The molecule has 0 atom stereocenters. The van der Waals surface area contributed by atoms with Gasteiger partial charge in [-0.1, -0.05) is 121 Å². The molecule has 0 radical (unpaired) electrons. The molecule has 0 unspecified atom stereocenters. The van der Waals surface area contributed by atoms with Gasteiger partial charge in [0.25, 0.3) is 0 Å². The highest BCUT2D eigenvalue weighted by molar-refractivity contribution is 6.29. The van der Waals surface area contributed by atoms with Crippen LogP contribution in [0.25, 0.3) is 121 Å². The highest BCUT2D eigenvalue weighted by Crippen LogP contribution is 2.46. The van der Waals surface area contributed by atoms with Crippen LogP contribution in [-0.4, -0.2) is 23.8 Å². The van der Waals surface area contributed by atoms with Gasteiger partial charge in [0, 0.05) is 54.4 Å². The molecule has 0 saturated carbocycles. The van der Waals surface area contributed by atoms with Crippen LogP contribution >= 0.6 is 0 Å². The molecule has 5 heteroatoms. The van der Waals surface area contributed by atoms with E-state index < -0.39 is 0 Å². The van der Waals surface area contributed by atoms with Gasteiger partial charge in [-0.3, -0.25) is 9.97 Å². The molecule has 56 heavy (non-hydrogen) atoms. The summed E-state index contributed by atoms with van der Waals surface area (Å²) < 4.78 is 4.83. The molecule has 6 aromatic carbocycles.